The molecule has 7 heteroatoms. The molecule has 0 atom stereocenters. The predicted molar refractivity (Wildman–Crippen MR) is 106 cm³/mol. The van der Waals surface area contributed by atoms with E-state index in [1.165, 1.54) is 6.07 Å². The summed E-state index contributed by atoms with van der Waals surface area (Å²) in [6.07, 6.45) is 3.68. The lowest BCUT2D eigenvalue weighted by atomic mass is 9.84. The van der Waals surface area contributed by atoms with E-state index in [2.05, 4.69) is 34.6 Å². The normalized spacial score (nSPS) is 11.8. The standard InChI is InChI=1S/C17H24FN5.HI/c1-17(2,14-6-4-7-15(18)12-14)13-21-16(19-3)20-9-11-23-10-5-8-22-23;/h4-8,10,12H,9,11,13H2,1-3H3,(H2,19,20,21);1H. The number of rotatable bonds is 6. The molecule has 0 spiro atoms. The molecule has 1 aromatic carbocycles. The number of nitrogens with one attached hydrogen (secondary N) is 2. The molecule has 0 saturated heterocycles. The summed E-state index contributed by atoms with van der Waals surface area (Å²) < 4.78 is 15.3. The highest BCUT2D eigenvalue weighted by molar-refractivity contribution is 14.0. The summed E-state index contributed by atoms with van der Waals surface area (Å²) in [5.41, 5.74) is 0.749. The molecule has 0 bridgehead atoms. The summed E-state index contributed by atoms with van der Waals surface area (Å²) in [7, 11) is 1.73. The maximum Gasteiger partial charge on any atom is 0.191 e. The lowest BCUT2D eigenvalue weighted by molar-refractivity contribution is 0.501. The van der Waals surface area contributed by atoms with Gasteiger partial charge < -0.3 is 10.6 Å². The molecule has 0 saturated carbocycles. The fourth-order valence-corrected chi connectivity index (χ4v) is 2.26. The van der Waals surface area contributed by atoms with Crippen molar-refractivity contribution in [2.45, 2.75) is 25.8 Å². The smallest absolute Gasteiger partial charge is 0.191 e. The summed E-state index contributed by atoms with van der Waals surface area (Å²) in [6, 6.07) is 8.62. The minimum Gasteiger partial charge on any atom is -0.356 e. The van der Waals surface area contributed by atoms with Crippen molar-refractivity contribution in [2.24, 2.45) is 4.99 Å². The van der Waals surface area contributed by atoms with Gasteiger partial charge in [0.1, 0.15) is 5.82 Å². The van der Waals surface area contributed by atoms with Crippen molar-refractivity contribution in [3.63, 3.8) is 0 Å². The van der Waals surface area contributed by atoms with Crippen molar-refractivity contribution >= 4 is 29.9 Å². The van der Waals surface area contributed by atoms with Gasteiger partial charge in [-0.2, -0.15) is 5.10 Å². The monoisotopic (exact) mass is 445 g/mol. The number of halogens is 2. The highest BCUT2D eigenvalue weighted by Crippen LogP contribution is 2.22. The van der Waals surface area contributed by atoms with E-state index in [4.69, 9.17) is 0 Å². The fraction of sp³-hybridized carbons (Fsp3) is 0.412. The van der Waals surface area contributed by atoms with Gasteiger partial charge in [0.25, 0.3) is 0 Å². The number of aromatic nitrogens is 2. The second-order valence-electron chi connectivity index (χ2n) is 6.02. The van der Waals surface area contributed by atoms with Crippen molar-refractivity contribution in [1.82, 2.24) is 20.4 Å². The zero-order chi connectivity index (χ0) is 16.7. The first-order valence-electron chi connectivity index (χ1n) is 7.69. The van der Waals surface area contributed by atoms with Crippen LogP contribution in [-0.4, -0.2) is 35.9 Å². The zero-order valence-corrected chi connectivity index (χ0v) is 16.6. The van der Waals surface area contributed by atoms with E-state index in [-0.39, 0.29) is 35.2 Å². The average molecular weight is 445 g/mol. The van der Waals surface area contributed by atoms with Crippen LogP contribution >= 0.6 is 24.0 Å². The predicted octanol–water partition coefficient (Wildman–Crippen LogP) is 2.78. The van der Waals surface area contributed by atoms with Gasteiger partial charge in [0, 0.05) is 37.9 Å². The van der Waals surface area contributed by atoms with Gasteiger partial charge in [-0.05, 0) is 23.8 Å². The molecular weight excluding hydrogens is 420 g/mol. The fourth-order valence-electron chi connectivity index (χ4n) is 2.26. The molecule has 0 unspecified atom stereocenters. The van der Waals surface area contributed by atoms with Crippen molar-refractivity contribution in [3.05, 3.63) is 54.1 Å². The second kappa shape index (κ2) is 9.61. The van der Waals surface area contributed by atoms with Gasteiger partial charge >= 0.3 is 0 Å². The molecule has 2 N–H and O–H groups in total. The zero-order valence-electron chi connectivity index (χ0n) is 14.3. The summed E-state index contributed by atoms with van der Waals surface area (Å²) in [5, 5.41) is 10.7. The number of hydrogen-bond acceptors (Lipinski definition) is 2. The van der Waals surface area contributed by atoms with E-state index < -0.39 is 0 Å². The Kier molecular flexibility index (Phi) is 8.17. The number of guanidine groups is 1. The van der Waals surface area contributed by atoms with Crippen LogP contribution in [0.2, 0.25) is 0 Å². The van der Waals surface area contributed by atoms with Crippen LogP contribution in [0, 0.1) is 5.82 Å². The van der Waals surface area contributed by atoms with Crippen LogP contribution in [0.1, 0.15) is 19.4 Å². The Morgan fingerprint density at radius 1 is 1.29 bits per heavy atom. The first kappa shape index (κ1) is 20.4. The van der Waals surface area contributed by atoms with Crippen molar-refractivity contribution in [2.75, 3.05) is 20.1 Å². The highest BCUT2D eigenvalue weighted by atomic mass is 127. The molecule has 1 heterocycles. The van der Waals surface area contributed by atoms with E-state index >= 15 is 0 Å². The van der Waals surface area contributed by atoms with Crippen LogP contribution in [0.5, 0.6) is 0 Å². The van der Waals surface area contributed by atoms with Crippen molar-refractivity contribution < 1.29 is 4.39 Å². The number of nitrogens with zero attached hydrogens (tertiary/aromatic N) is 3. The topological polar surface area (TPSA) is 54.2 Å². The SMILES string of the molecule is CN=C(NCCn1cccn1)NCC(C)(C)c1cccc(F)c1.I. The van der Waals surface area contributed by atoms with Gasteiger partial charge in [-0.1, -0.05) is 26.0 Å². The molecule has 5 nitrogen and oxygen atoms in total. The molecule has 2 aromatic rings. The average Bonchev–Trinajstić information content (AvgIpc) is 3.04. The largest absolute Gasteiger partial charge is 0.356 e. The van der Waals surface area contributed by atoms with Crippen LogP contribution in [0.3, 0.4) is 0 Å². The van der Waals surface area contributed by atoms with Crippen molar-refractivity contribution in [1.29, 1.82) is 0 Å². The minimum atomic E-state index is -0.211. The molecule has 24 heavy (non-hydrogen) atoms. The first-order chi connectivity index (χ1) is 11.0. The molecule has 132 valence electrons. The molecular formula is C17H25FIN5. The quantitative estimate of drug-likeness (QED) is 0.409. The summed E-state index contributed by atoms with van der Waals surface area (Å²) in [5.74, 6) is 0.513. The van der Waals surface area contributed by atoms with Crippen LogP contribution in [0.4, 0.5) is 4.39 Å². The number of aliphatic imine (C=N–C) groups is 1. The van der Waals surface area contributed by atoms with Gasteiger partial charge in [0.2, 0.25) is 0 Å². The van der Waals surface area contributed by atoms with Gasteiger partial charge in [0.05, 0.1) is 6.54 Å². The molecule has 0 aliphatic carbocycles. The van der Waals surface area contributed by atoms with Crippen LogP contribution < -0.4 is 10.6 Å². The minimum absolute atomic E-state index is 0. The van der Waals surface area contributed by atoms with Crippen LogP contribution in [-0.2, 0) is 12.0 Å². The van der Waals surface area contributed by atoms with Gasteiger partial charge in [0.15, 0.2) is 5.96 Å². The Morgan fingerprint density at radius 2 is 2.08 bits per heavy atom. The van der Waals surface area contributed by atoms with Crippen LogP contribution in [0.15, 0.2) is 47.7 Å². The Morgan fingerprint density at radius 3 is 2.71 bits per heavy atom. The number of hydrogen-bond donors (Lipinski definition) is 2. The molecule has 0 fully saturated rings. The first-order valence-corrected chi connectivity index (χ1v) is 7.69. The van der Waals surface area contributed by atoms with E-state index in [1.54, 1.807) is 25.4 Å². The Bertz CT molecular complexity index is 640. The van der Waals surface area contributed by atoms with Crippen LogP contribution in [0.25, 0.3) is 0 Å². The third-order valence-electron chi connectivity index (χ3n) is 3.72. The Balaban J connectivity index is 0.00000288. The van der Waals surface area contributed by atoms with E-state index in [1.807, 2.05) is 23.0 Å². The molecule has 2 rings (SSSR count). The van der Waals surface area contributed by atoms with E-state index in [0.717, 1.165) is 24.6 Å². The summed E-state index contributed by atoms with van der Waals surface area (Å²) >= 11 is 0. The van der Waals surface area contributed by atoms with Gasteiger partial charge in [-0.15, -0.1) is 24.0 Å². The summed E-state index contributed by atoms with van der Waals surface area (Å²) in [6.45, 7) is 6.29. The summed E-state index contributed by atoms with van der Waals surface area (Å²) in [4.78, 5) is 4.21. The molecule has 0 amide bonds. The second-order valence-corrected chi connectivity index (χ2v) is 6.02. The third-order valence-corrected chi connectivity index (χ3v) is 3.72. The molecule has 0 aliphatic rings. The number of benzene rings is 1. The lowest BCUT2D eigenvalue weighted by Crippen LogP contribution is -2.44. The Hall–Kier alpha value is -1.64. The molecule has 0 aliphatic heterocycles. The Labute approximate surface area is 159 Å². The molecule has 0 radical (unpaired) electrons. The molecule has 1 aromatic heterocycles. The van der Waals surface area contributed by atoms with E-state index in [9.17, 15) is 4.39 Å². The maximum atomic E-state index is 13.4. The highest BCUT2D eigenvalue weighted by Gasteiger charge is 2.21. The third kappa shape index (κ3) is 6.10. The lowest BCUT2D eigenvalue weighted by Gasteiger charge is -2.26. The van der Waals surface area contributed by atoms with Gasteiger partial charge in [-0.25, -0.2) is 4.39 Å². The maximum absolute atomic E-state index is 13.4. The van der Waals surface area contributed by atoms with E-state index in [0.29, 0.717) is 6.54 Å². The van der Waals surface area contributed by atoms with Gasteiger partial charge in [-0.3, -0.25) is 9.67 Å². The van der Waals surface area contributed by atoms with Crippen molar-refractivity contribution in [3.8, 4) is 0 Å².